The Bertz CT molecular complexity index is 348. The fourth-order valence-corrected chi connectivity index (χ4v) is 2.45. The summed E-state index contributed by atoms with van der Waals surface area (Å²) in [6.07, 6.45) is 1.06. The average molecular weight is 263 g/mol. The van der Waals surface area contributed by atoms with Crippen molar-refractivity contribution < 1.29 is 0 Å². The Hall–Kier alpha value is -0.900. The van der Waals surface area contributed by atoms with Crippen molar-refractivity contribution in [2.24, 2.45) is 5.73 Å². The first-order valence-electron chi connectivity index (χ1n) is 7.50. The Kier molecular flexibility index (Phi) is 7.72. The molecule has 0 fully saturated rings. The number of nitrogens with one attached hydrogen (secondary N) is 1. The zero-order valence-electron chi connectivity index (χ0n) is 12.7. The van der Waals surface area contributed by atoms with Crippen LogP contribution < -0.4 is 11.1 Å². The second-order valence-electron chi connectivity index (χ2n) is 4.82. The Morgan fingerprint density at radius 3 is 2.42 bits per heavy atom. The second kappa shape index (κ2) is 9.08. The SMILES string of the molecule is CCc1ccccc1C(CN)NCCN(CC)CC. The van der Waals surface area contributed by atoms with Crippen LogP contribution in [-0.4, -0.2) is 37.6 Å². The minimum absolute atomic E-state index is 0.270. The van der Waals surface area contributed by atoms with Crippen LogP contribution >= 0.6 is 0 Å². The van der Waals surface area contributed by atoms with E-state index in [9.17, 15) is 0 Å². The summed E-state index contributed by atoms with van der Waals surface area (Å²) in [6, 6.07) is 8.87. The van der Waals surface area contributed by atoms with Crippen LogP contribution in [0.3, 0.4) is 0 Å². The number of rotatable bonds is 9. The van der Waals surface area contributed by atoms with E-state index in [0.29, 0.717) is 6.54 Å². The molecular weight excluding hydrogens is 234 g/mol. The van der Waals surface area contributed by atoms with E-state index in [2.05, 4.69) is 55.3 Å². The Labute approximate surface area is 118 Å². The second-order valence-corrected chi connectivity index (χ2v) is 4.82. The third-order valence-corrected chi connectivity index (χ3v) is 3.76. The summed E-state index contributed by atoms with van der Waals surface area (Å²) < 4.78 is 0. The normalized spacial score (nSPS) is 12.9. The lowest BCUT2D eigenvalue weighted by Gasteiger charge is -2.23. The van der Waals surface area contributed by atoms with Gasteiger partial charge in [0, 0.05) is 25.7 Å². The van der Waals surface area contributed by atoms with Gasteiger partial charge in [-0.2, -0.15) is 0 Å². The molecule has 1 rings (SSSR count). The minimum Gasteiger partial charge on any atom is -0.329 e. The number of hydrogen-bond donors (Lipinski definition) is 2. The van der Waals surface area contributed by atoms with Crippen molar-refractivity contribution in [3.63, 3.8) is 0 Å². The van der Waals surface area contributed by atoms with Crippen LogP contribution in [0.4, 0.5) is 0 Å². The molecule has 0 saturated heterocycles. The van der Waals surface area contributed by atoms with Crippen LogP contribution in [0, 0.1) is 0 Å². The fraction of sp³-hybridized carbons (Fsp3) is 0.625. The molecule has 1 atom stereocenters. The summed E-state index contributed by atoms with van der Waals surface area (Å²) in [6.45, 7) is 11.5. The maximum absolute atomic E-state index is 5.93. The van der Waals surface area contributed by atoms with E-state index < -0.39 is 0 Å². The minimum atomic E-state index is 0.270. The monoisotopic (exact) mass is 263 g/mol. The number of hydrogen-bond acceptors (Lipinski definition) is 3. The predicted octanol–water partition coefficient (Wildman–Crippen LogP) is 2.18. The van der Waals surface area contributed by atoms with Crippen molar-refractivity contribution in [3.8, 4) is 0 Å². The first kappa shape index (κ1) is 16.2. The molecule has 3 heteroatoms. The zero-order valence-corrected chi connectivity index (χ0v) is 12.7. The van der Waals surface area contributed by atoms with Gasteiger partial charge in [0.2, 0.25) is 0 Å². The highest BCUT2D eigenvalue weighted by molar-refractivity contribution is 5.30. The number of likely N-dealkylation sites (N-methyl/N-ethyl adjacent to an activating group) is 1. The zero-order chi connectivity index (χ0) is 14.1. The predicted molar refractivity (Wildman–Crippen MR) is 83.4 cm³/mol. The van der Waals surface area contributed by atoms with Crippen LogP contribution in [-0.2, 0) is 6.42 Å². The summed E-state index contributed by atoms with van der Waals surface area (Å²) in [5.41, 5.74) is 8.68. The molecule has 3 nitrogen and oxygen atoms in total. The van der Waals surface area contributed by atoms with Gasteiger partial charge in [-0.1, -0.05) is 45.0 Å². The van der Waals surface area contributed by atoms with Gasteiger partial charge in [-0.05, 0) is 30.6 Å². The lowest BCUT2D eigenvalue weighted by Crippen LogP contribution is -2.36. The molecule has 0 spiro atoms. The molecule has 0 amide bonds. The molecule has 0 aliphatic carbocycles. The first-order valence-corrected chi connectivity index (χ1v) is 7.50. The largest absolute Gasteiger partial charge is 0.329 e. The molecule has 0 aromatic heterocycles. The Morgan fingerprint density at radius 2 is 1.84 bits per heavy atom. The lowest BCUT2D eigenvalue weighted by atomic mass is 9.98. The molecule has 1 aromatic rings. The summed E-state index contributed by atoms with van der Waals surface area (Å²) in [4.78, 5) is 2.42. The van der Waals surface area contributed by atoms with Gasteiger partial charge in [-0.25, -0.2) is 0 Å². The van der Waals surface area contributed by atoms with E-state index in [4.69, 9.17) is 5.73 Å². The van der Waals surface area contributed by atoms with Gasteiger partial charge in [0.15, 0.2) is 0 Å². The van der Waals surface area contributed by atoms with Gasteiger partial charge in [-0.3, -0.25) is 0 Å². The van der Waals surface area contributed by atoms with Crippen LogP contribution in [0.25, 0.3) is 0 Å². The average Bonchev–Trinajstić information content (AvgIpc) is 2.48. The first-order chi connectivity index (χ1) is 9.26. The quantitative estimate of drug-likeness (QED) is 0.717. The van der Waals surface area contributed by atoms with Crippen molar-refractivity contribution in [3.05, 3.63) is 35.4 Å². The van der Waals surface area contributed by atoms with Crippen LogP contribution in [0.15, 0.2) is 24.3 Å². The number of benzene rings is 1. The molecule has 0 aliphatic rings. The molecule has 1 aromatic carbocycles. The summed E-state index contributed by atoms with van der Waals surface area (Å²) in [5.74, 6) is 0. The standard InChI is InChI=1S/C16H29N3/c1-4-14-9-7-8-10-15(14)16(13-17)18-11-12-19(5-2)6-3/h7-10,16,18H,4-6,11-13,17H2,1-3H3. The van der Waals surface area contributed by atoms with E-state index in [1.54, 1.807) is 0 Å². The van der Waals surface area contributed by atoms with E-state index in [-0.39, 0.29) is 6.04 Å². The van der Waals surface area contributed by atoms with Crippen molar-refractivity contribution in [1.29, 1.82) is 0 Å². The van der Waals surface area contributed by atoms with Gasteiger partial charge in [0.1, 0.15) is 0 Å². The van der Waals surface area contributed by atoms with Gasteiger partial charge in [0.05, 0.1) is 0 Å². The molecule has 0 bridgehead atoms. The summed E-state index contributed by atoms with van der Waals surface area (Å²) in [5, 5.41) is 3.59. The number of aryl methyl sites for hydroxylation is 1. The van der Waals surface area contributed by atoms with Crippen LogP contribution in [0.2, 0.25) is 0 Å². The smallest absolute Gasteiger partial charge is 0.0447 e. The van der Waals surface area contributed by atoms with Gasteiger partial charge in [-0.15, -0.1) is 0 Å². The third kappa shape index (κ3) is 4.94. The van der Waals surface area contributed by atoms with Crippen molar-refractivity contribution in [1.82, 2.24) is 10.2 Å². The van der Waals surface area contributed by atoms with E-state index in [0.717, 1.165) is 32.6 Å². The van der Waals surface area contributed by atoms with Gasteiger partial charge < -0.3 is 16.0 Å². The highest BCUT2D eigenvalue weighted by Gasteiger charge is 2.12. The highest BCUT2D eigenvalue weighted by atomic mass is 15.1. The maximum Gasteiger partial charge on any atom is 0.0447 e. The van der Waals surface area contributed by atoms with Crippen molar-refractivity contribution in [2.45, 2.75) is 33.2 Å². The summed E-state index contributed by atoms with van der Waals surface area (Å²) >= 11 is 0. The molecule has 0 heterocycles. The lowest BCUT2D eigenvalue weighted by molar-refractivity contribution is 0.296. The van der Waals surface area contributed by atoms with Gasteiger partial charge in [0.25, 0.3) is 0 Å². The number of nitrogens with two attached hydrogens (primary N) is 1. The molecule has 1 unspecified atom stereocenters. The molecule has 3 N–H and O–H groups in total. The summed E-state index contributed by atoms with van der Waals surface area (Å²) in [7, 11) is 0. The van der Waals surface area contributed by atoms with Gasteiger partial charge >= 0.3 is 0 Å². The topological polar surface area (TPSA) is 41.3 Å². The maximum atomic E-state index is 5.93. The molecule has 0 aliphatic heterocycles. The van der Waals surface area contributed by atoms with Crippen LogP contribution in [0.5, 0.6) is 0 Å². The molecule has 108 valence electrons. The molecule has 0 radical (unpaired) electrons. The molecular formula is C16H29N3. The van der Waals surface area contributed by atoms with Crippen molar-refractivity contribution in [2.75, 3.05) is 32.7 Å². The van der Waals surface area contributed by atoms with Crippen molar-refractivity contribution >= 4 is 0 Å². The highest BCUT2D eigenvalue weighted by Crippen LogP contribution is 2.17. The molecule has 0 saturated carbocycles. The fourth-order valence-electron chi connectivity index (χ4n) is 2.45. The number of nitrogens with zero attached hydrogens (tertiary/aromatic N) is 1. The van der Waals surface area contributed by atoms with E-state index in [1.165, 1.54) is 11.1 Å². The van der Waals surface area contributed by atoms with Crippen LogP contribution in [0.1, 0.15) is 37.9 Å². The third-order valence-electron chi connectivity index (χ3n) is 3.76. The van der Waals surface area contributed by atoms with E-state index in [1.807, 2.05) is 0 Å². The molecule has 19 heavy (non-hydrogen) atoms. The Balaban J connectivity index is 2.58. The Morgan fingerprint density at radius 1 is 1.16 bits per heavy atom. The van der Waals surface area contributed by atoms with E-state index >= 15 is 0 Å².